The molecule has 418 valence electrons. The van der Waals surface area contributed by atoms with Gasteiger partial charge in [0.15, 0.2) is 22.4 Å². The lowest BCUT2D eigenvalue weighted by Crippen LogP contribution is -2.52. The maximum absolute atomic E-state index is 14.4. The van der Waals surface area contributed by atoms with Crippen LogP contribution in [0.3, 0.4) is 0 Å². The fourth-order valence-electron chi connectivity index (χ4n) is 11.8. The fraction of sp³-hybridized carbons (Fsp3) is 0.178. The smallest absolute Gasteiger partial charge is 0.242 e. The number of aliphatic hydroxyl groups is 2. The van der Waals surface area contributed by atoms with Gasteiger partial charge < -0.3 is 37.8 Å². The summed E-state index contributed by atoms with van der Waals surface area (Å²) in [7, 11) is 0.566. The molecule has 10 heteroatoms. The van der Waals surface area contributed by atoms with Crippen molar-refractivity contribution in [2.75, 3.05) is 14.2 Å². The summed E-state index contributed by atoms with van der Waals surface area (Å²) in [6, 6.07) is 86.6. The van der Waals surface area contributed by atoms with Gasteiger partial charge in [-0.2, -0.15) is 0 Å². The van der Waals surface area contributed by atoms with Crippen LogP contribution in [-0.4, -0.2) is 24.4 Å². The number of rotatable bonds is 19. The highest BCUT2D eigenvalue weighted by Crippen LogP contribution is 2.72. The van der Waals surface area contributed by atoms with Gasteiger partial charge in [0.05, 0.1) is 19.4 Å². The Hall–Kier alpha value is -7.90. The van der Waals surface area contributed by atoms with Crippen LogP contribution in [0.4, 0.5) is 0 Å². The number of hydrogen-bond acceptors (Lipinski definition) is 8. The van der Waals surface area contributed by atoms with E-state index in [9.17, 15) is 10.2 Å². The van der Waals surface area contributed by atoms with Crippen molar-refractivity contribution in [3.05, 3.63) is 323 Å². The molecule has 10 aromatic carbocycles. The van der Waals surface area contributed by atoms with Crippen molar-refractivity contribution in [1.29, 1.82) is 0 Å². The number of benzene rings is 10. The first kappa shape index (κ1) is 56.9. The van der Waals surface area contributed by atoms with E-state index in [4.69, 9.17) is 27.6 Å². The molecule has 2 N–H and O–H groups in total. The Morgan fingerprint density at radius 3 is 1.11 bits per heavy atom. The molecule has 1 heterocycles. The minimum absolute atomic E-state index is 0.518. The largest absolute Gasteiger partial charge is 0.497 e. The Balaban J connectivity index is 1.10. The predicted molar refractivity (Wildman–Crippen MR) is 334 cm³/mol. The number of fused-ring (bicyclic) bond motifs is 1. The van der Waals surface area contributed by atoms with Gasteiger partial charge in [0, 0.05) is 22.3 Å². The summed E-state index contributed by atoms with van der Waals surface area (Å²) in [4.78, 5) is 0. The van der Waals surface area contributed by atoms with Gasteiger partial charge in [-0.05, 0) is 88.0 Å². The highest BCUT2D eigenvalue weighted by Gasteiger charge is 2.61. The van der Waals surface area contributed by atoms with Crippen molar-refractivity contribution in [1.82, 2.24) is 0 Å². The molecule has 0 aromatic heterocycles. The van der Waals surface area contributed by atoms with Gasteiger partial charge in [0.1, 0.15) is 23.0 Å². The molecular formula is C73H68O8P2. The molecule has 1 aliphatic rings. The maximum atomic E-state index is 14.4. The molecule has 0 bridgehead atoms. The second kappa shape index (κ2) is 23.4. The van der Waals surface area contributed by atoms with Gasteiger partial charge in [0.25, 0.3) is 0 Å². The molecule has 0 saturated carbocycles. The lowest BCUT2D eigenvalue weighted by molar-refractivity contribution is -0.0950. The first-order valence-electron chi connectivity index (χ1n) is 27.8. The molecule has 10 aromatic rings. The van der Waals surface area contributed by atoms with E-state index in [-0.39, 0.29) is 0 Å². The first-order valence-corrected chi connectivity index (χ1v) is 29.8. The van der Waals surface area contributed by atoms with Crippen molar-refractivity contribution in [3.63, 3.8) is 0 Å². The molecule has 2 unspecified atom stereocenters. The van der Waals surface area contributed by atoms with Crippen LogP contribution in [0, 0.1) is 0 Å². The summed E-state index contributed by atoms with van der Waals surface area (Å²) in [5.41, 5.74) is 0.998. The van der Waals surface area contributed by atoms with E-state index in [1.807, 2.05) is 267 Å². The summed E-state index contributed by atoms with van der Waals surface area (Å²) in [5, 5.41) is 27.7. The van der Waals surface area contributed by atoms with Gasteiger partial charge in [0.2, 0.25) is 17.4 Å². The minimum Gasteiger partial charge on any atom is -0.497 e. The monoisotopic (exact) mass is 1130 g/mol. The summed E-state index contributed by atoms with van der Waals surface area (Å²) in [6.45, 7) is 10.7. The van der Waals surface area contributed by atoms with E-state index in [1.165, 1.54) is 0 Å². The quantitative estimate of drug-likeness (QED) is 0.0773. The van der Waals surface area contributed by atoms with Crippen LogP contribution >= 0.6 is 17.4 Å². The second-order valence-corrected chi connectivity index (χ2v) is 24.9. The van der Waals surface area contributed by atoms with E-state index in [1.54, 1.807) is 14.2 Å². The molecular weight excluding hydrogens is 1070 g/mol. The highest BCUT2D eigenvalue weighted by atomic mass is 31.2. The van der Waals surface area contributed by atoms with E-state index in [0.29, 0.717) is 67.5 Å². The van der Waals surface area contributed by atoms with Crippen LogP contribution in [0.15, 0.2) is 267 Å². The van der Waals surface area contributed by atoms with Crippen LogP contribution in [0.25, 0.3) is 11.1 Å². The van der Waals surface area contributed by atoms with Crippen molar-refractivity contribution in [2.45, 2.75) is 67.6 Å². The lowest BCUT2D eigenvalue weighted by Gasteiger charge is -2.49. The molecule has 83 heavy (non-hydrogen) atoms. The highest BCUT2D eigenvalue weighted by molar-refractivity contribution is 7.49. The molecule has 0 amide bonds. The summed E-state index contributed by atoms with van der Waals surface area (Å²) < 4.78 is 42.9. The van der Waals surface area contributed by atoms with Crippen LogP contribution in [0.5, 0.6) is 23.0 Å². The normalized spacial score (nSPS) is 14.4. The van der Waals surface area contributed by atoms with E-state index >= 15 is 0 Å². The Morgan fingerprint density at radius 2 is 0.747 bits per heavy atom. The second-order valence-electron chi connectivity index (χ2n) is 22.4. The molecule has 0 fully saturated rings. The average Bonchev–Trinajstić information content (AvgIpc) is 3.93. The Kier molecular flexibility index (Phi) is 16.0. The molecule has 11 rings (SSSR count). The topological polar surface area (TPSA) is 95.8 Å². The summed E-state index contributed by atoms with van der Waals surface area (Å²) in [5.74, 6) is 2.27. The molecule has 8 nitrogen and oxygen atoms in total. The molecule has 0 spiro atoms. The first-order chi connectivity index (χ1) is 40.2. The standard InChI is InChI=1S/C73H68O8P2/c1-68(2,3)64-50-60(76-6)48-62(66(64)78-82-80-72(56-40-24-12-25-41-56,57-42-26-13-27-43-57)70(74,52-32-16-8-17-33-52)53-34-18-9-19-35-53)63-49-61(77-7)51-65-67(63)79-83(69(65,4)5)81-73(58-44-28-14-29-45-58,59-46-30-15-31-47-59)71(75,54-36-20-10-21-37-54)55-38-22-11-23-39-55/h8-51,74-75,82H,1-7H3. The van der Waals surface area contributed by atoms with Gasteiger partial charge in [-0.15, -0.1) is 0 Å². The maximum Gasteiger partial charge on any atom is 0.242 e. The zero-order valence-corrected chi connectivity index (χ0v) is 49.6. The molecule has 2 atom stereocenters. The lowest BCUT2D eigenvalue weighted by atomic mass is 9.66. The molecule has 0 radical (unpaired) electrons. The number of hydrogen-bond donors (Lipinski definition) is 2. The average molecular weight is 1140 g/mol. The minimum atomic E-state index is -2.04. The zero-order chi connectivity index (χ0) is 57.9. The number of ether oxygens (including phenoxy) is 2. The van der Waals surface area contributed by atoms with E-state index < -0.39 is 50.4 Å². The summed E-state index contributed by atoms with van der Waals surface area (Å²) >= 11 is 0. The Morgan fingerprint density at radius 1 is 0.422 bits per heavy atom. The third kappa shape index (κ3) is 10.0. The van der Waals surface area contributed by atoms with Crippen LogP contribution in [-0.2, 0) is 42.0 Å². The van der Waals surface area contributed by atoms with Crippen LogP contribution in [0.2, 0.25) is 0 Å². The fourth-order valence-corrected chi connectivity index (χ4v) is 14.5. The predicted octanol–water partition coefficient (Wildman–Crippen LogP) is 17.3. The summed E-state index contributed by atoms with van der Waals surface area (Å²) in [6.07, 6.45) is 0. The Labute approximate surface area is 491 Å². The third-order valence-corrected chi connectivity index (χ3v) is 18.7. The van der Waals surface area contributed by atoms with Gasteiger partial charge in [-0.25, -0.2) is 0 Å². The van der Waals surface area contributed by atoms with Crippen molar-refractivity contribution < 1.29 is 37.8 Å². The molecule has 0 aliphatic carbocycles. The van der Waals surface area contributed by atoms with Gasteiger partial charge >= 0.3 is 0 Å². The zero-order valence-electron chi connectivity index (χ0n) is 47.7. The number of methoxy groups -OCH3 is 2. The Bertz CT molecular complexity index is 3610. The van der Waals surface area contributed by atoms with Gasteiger partial charge in [-0.3, -0.25) is 0 Å². The molecule has 1 aliphatic heterocycles. The van der Waals surface area contributed by atoms with E-state index in [0.717, 1.165) is 22.3 Å². The van der Waals surface area contributed by atoms with Crippen LogP contribution < -0.4 is 18.5 Å². The van der Waals surface area contributed by atoms with Gasteiger partial charge in [-0.1, -0.05) is 263 Å². The van der Waals surface area contributed by atoms with Crippen molar-refractivity contribution in [2.24, 2.45) is 0 Å². The third-order valence-electron chi connectivity index (χ3n) is 16.0. The van der Waals surface area contributed by atoms with Crippen molar-refractivity contribution in [3.8, 4) is 34.1 Å². The SMILES string of the molecule is COc1cc(-c2cc(OC)cc3c2OP(OC(c2ccccc2)(c2ccccc2)C(O)(c2ccccc2)c2ccccc2)C3(C)C)c(OPOC(c2ccccc2)(c2ccccc2)C(O)(c2ccccc2)c2ccccc2)c(C(C)(C)C)c1. The van der Waals surface area contributed by atoms with E-state index in [2.05, 4.69) is 34.6 Å². The van der Waals surface area contributed by atoms with Crippen molar-refractivity contribution >= 4 is 17.4 Å². The molecule has 0 saturated heterocycles. The van der Waals surface area contributed by atoms with Crippen LogP contribution in [0.1, 0.15) is 90.3 Å².